The van der Waals surface area contributed by atoms with Crippen molar-refractivity contribution in [1.82, 2.24) is 9.71 Å². The first-order valence-corrected chi connectivity index (χ1v) is 9.84. The van der Waals surface area contributed by atoms with Crippen LogP contribution in [0.15, 0.2) is 40.7 Å². The Morgan fingerprint density at radius 3 is 2.87 bits per heavy atom. The first-order valence-electron chi connectivity index (χ1n) is 7.47. The molecule has 0 radical (unpaired) electrons. The summed E-state index contributed by atoms with van der Waals surface area (Å²) in [5.41, 5.74) is 0.788. The summed E-state index contributed by atoms with van der Waals surface area (Å²) in [6, 6.07) is 7.19. The molecule has 0 saturated heterocycles. The van der Waals surface area contributed by atoms with Crippen LogP contribution in [0.3, 0.4) is 0 Å². The Morgan fingerprint density at radius 1 is 1.30 bits per heavy atom. The van der Waals surface area contributed by atoms with Crippen LogP contribution in [0.2, 0.25) is 0 Å². The van der Waals surface area contributed by atoms with E-state index in [1.54, 1.807) is 12.3 Å². The topological polar surface area (TPSA) is 68.3 Å². The zero-order valence-electron chi connectivity index (χ0n) is 12.3. The molecule has 1 aromatic heterocycles. The third-order valence-electron chi connectivity index (χ3n) is 4.04. The lowest BCUT2D eigenvalue weighted by Crippen LogP contribution is -2.33. The van der Waals surface area contributed by atoms with Crippen LogP contribution in [0, 0.1) is 5.92 Å². The standard InChI is InChI=1S/C16H16N2O3S2/c19-23(20,13-9-12-3-1-2-4-14(12)21-10-13)18-15(11-5-6-11)16-17-7-8-22-16/h1-4,7-9,11,15,18H,5-6,10H2/t15-/m0/s1. The van der Waals surface area contributed by atoms with Crippen LogP contribution in [0.5, 0.6) is 5.75 Å². The van der Waals surface area contributed by atoms with Gasteiger partial charge in [0.05, 0.1) is 10.9 Å². The Kier molecular flexibility index (Phi) is 3.71. The van der Waals surface area contributed by atoms with Crippen LogP contribution in [0.25, 0.3) is 6.08 Å². The lowest BCUT2D eigenvalue weighted by Gasteiger charge is -2.21. The number of sulfonamides is 1. The summed E-state index contributed by atoms with van der Waals surface area (Å²) in [5, 5.41) is 2.70. The van der Waals surface area contributed by atoms with E-state index >= 15 is 0 Å². The number of rotatable bonds is 5. The van der Waals surface area contributed by atoms with Crippen molar-refractivity contribution in [3.8, 4) is 5.75 Å². The Morgan fingerprint density at radius 2 is 2.13 bits per heavy atom. The molecule has 120 valence electrons. The molecule has 1 fully saturated rings. The highest BCUT2D eigenvalue weighted by Crippen LogP contribution is 2.42. The summed E-state index contributed by atoms with van der Waals surface area (Å²) < 4.78 is 33.9. The molecule has 5 nitrogen and oxygen atoms in total. The van der Waals surface area contributed by atoms with E-state index in [1.165, 1.54) is 11.3 Å². The summed E-state index contributed by atoms with van der Waals surface area (Å²) in [7, 11) is -3.60. The number of para-hydroxylation sites is 1. The van der Waals surface area contributed by atoms with E-state index in [0.717, 1.165) is 23.4 Å². The van der Waals surface area contributed by atoms with Crippen molar-refractivity contribution in [2.75, 3.05) is 6.61 Å². The first kappa shape index (κ1) is 14.9. The minimum Gasteiger partial charge on any atom is -0.487 e. The molecular formula is C16H16N2O3S2. The van der Waals surface area contributed by atoms with Gasteiger partial charge in [-0.05, 0) is 30.9 Å². The largest absolute Gasteiger partial charge is 0.487 e. The second-order valence-corrected chi connectivity index (χ2v) is 8.44. The molecule has 2 heterocycles. The molecule has 1 saturated carbocycles. The SMILES string of the molecule is O=S(=O)(N[C@H](c1nccs1)C1CC1)C1=Cc2ccccc2OC1. The van der Waals surface area contributed by atoms with E-state index in [4.69, 9.17) is 4.74 Å². The minimum absolute atomic E-state index is 0.0571. The number of ether oxygens (including phenoxy) is 1. The molecule has 1 atom stereocenters. The second kappa shape index (κ2) is 5.74. The number of benzene rings is 1. The van der Waals surface area contributed by atoms with E-state index in [1.807, 2.05) is 29.6 Å². The van der Waals surface area contributed by atoms with Gasteiger partial charge in [-0.1, -0.05) is 18.2 Å². The van der Waals surface area contributed by atoms with Gasteiger partial charge in [-0.15, -0.1) is 11.3 Å². The first-order chi connectivity index (χ1) is 11.1. The number of fused-ring (bicyclic) bond motifs is 1. The van der Waals surface area contributed by atoms with Crippen molar-refractivity contribution in [1.29, 1.82) is 0 Å². The van der Waals surface area contributed by atoms with Gasteiger partial charge in [0.25, 0.3) is 0 Å². The quantitative estimate of drug-likeness (QED) is 0.902. The number of thiazole rings is 1. The highest BCUT2D eigenvalue weighted by Gasteiger charge is 2.37. The third kappa shape index (κ3) is 3.04. The normalized spacial score (nSPS) is 18.7. The molecule has 2 aliphatic rings. The van der Waals surface area contributed by atoms with Gasteiger partial charge in [-0.2, -0.15) is 0 Å². The van der Waals surface area contributed by atoms with Crippen molar-refractivity contribution in [3.63, 3.8) is 0 Å². The summed E-state index contributed by atoms with van der Waals surface area (Å²) in [6.45, 7) is 0.0571. The van der Waals surface area contributed by atoms with Crippen LogP contribution in [0.4, 0.5) is 0 Å². The van der Waals surface area contributed by atoms with E-state index in [0.29, 0.717) is 11.7 Å². The lowest BCUT2D eigenvalue weighted by atomic mass is 10.1. The Bertz CT molecular complexity index is 840. The van der Waals surface area contributed by atoms with Crippen LogP contribution >= 0.6 is 11.3 Å². The van der Waals surface area contributed by atoms with Gasteiger partial charge in [0, 0.05) is 17.1 Å². The molecule has 1 aliphatic carbocycles. The van der Waals surface area contributed by atoms with Crippen LogP contribution in [-0.2, 0) is 10.0 Å². The fourth-order valence-electron chi connectivity index (χ4n) is 2.66. The predicted molar refractivity (Wildman–Crippen MR) is 89.5 cm³/mol. The predicted octanol–water partition coefficient (Wildman–Crippen LogP) is 2.95. The molecule has 7 heteroatoms. The van der Waals surface area contributed by atoms with Crippen molar-refractivity contribution in [2.24, 2.45) is 5.92 Å². The highest BCUT2D eigenvalue weighted by atomic mass is 32.2. The number of nitrogens with zero attached hydrogens (tertiary/aromatic N) is 1. The van der Waals surface area contributed by atoms with E-state index < -0.39 is 10.0 Å². The third-order valence-corrected chi connectivity index (χ3v) is 6.39. The molecule has 0 amide bonds. The summed E-state index contributed by atoms with van der Waals surface area (Å²) >= 11 is 1.49. The van der Waals surface area contributed by atoms with Gasteiger partial charge in [-0.3, -0.25) is 0 Å². The molecule has 1 N–H and O–H groups in total. The molecule has 1 aromatic carbocycles. The van der Waals surface area contributed by atoms with Gasteiger partial charge in [-0.25, -0.2) is 18.1 Å². The maximum absolute atomic E-state index is 12.8. The van der Waals surface area contributed by atoms with Crippen molar-refractivity contribution in [3.05, 3.63) is 51.3 Å². The molecule has 4 rings (SSSR count). The van der Waals surface area contributed by atoms with Gasteiger partial charge in [0.2, 0.25) is 10.0 Å². The highest BCUT2D eigenvalue weighted by molar-refractivity contribution is 7.93. The lowest BCUT2D eigenvalue weighted by molar-refractivity contribution is 0.352. The van der Waals surface area contributed by atoms with Crippen LogP contribution < -0.4 is 9.46 Å². The molecule has 23 heavy (non-hydrogen) atoms. The number of aromatic nitrogens is 1. The Balaban J connectivity index is 1.62. The summed E-state index contributed by atoms with van der Waals surface area (Å²) in [6.07, 6.45) is 5.46. The molecule has 2 aromatic rings. The molecule has 1 aliphatic heterocycles. The van der Waals surface area contributed by atoms with Gasteiger partial charge in [0.1, 0.15) is 17.4 Å². The maximum Gasteiger partial charge on any atom is 0.240 e. The minimum atomic E-state index is -3.60. The van der Waals surface area contributed by atoms with E-state index in [-0.39, 0.29) is 17.6 Å². The van der Waals surface area contributed by atoms with Crippen molar-refractivity contribution < 1.29 is 13.2 Å². The van der Waals surface area contributed by atoms with Crippen LogP contribution in [0.1, 0.15) is 29.5 Å². The fraction of sp³-hybridized carbons (Fsp3) is 0.312. The monoisotopic (exact) mass is 348 g/mol. The Hall–Kier alpha value is -1.70. The summed E-state index contributed by atoms with van der Waals surface area (Å²) in [5.74, 6) is 1.05. The summed E-state index contributed by atoms with van der Waals surface area (Å²) in [4.78, 5) is 4.55. The Labute approximate surface area is 139 Å². The van der Waals surface area contributed by atoms with Crippen LogP contribution in [-0.4, -0.2) is 20.0 Å². The number of nitrogens with one attached hydrogen (secondary N) is 1. The molecular weight excluding hydrogens is 332 g/mol. The average molecular weight is 348 g/mol. The van der Waals surface area contributed by atoms with Gasteiger partial charge < -0.3 is 4.74 Å². The molecule has 0 spiro atoms. The van der Waals surface area contributed by atoms with Gasteiger partial charge in [0.15, 0.2) is 0 Å². The van der Waals surface area contributed by atoms with E-state index in [9.17, 15) is 8.42 Å². The fourth-order valence-corrected chi connectivity index (χ4v) is 4.80. The smallest absolute Gasteiger partial charge is 0.240 e. The van der Waals surface area contributed by atoms with Gasteiger partial charge >= 0.3 is 0 Å². The van der Waals surface area contributed by atoms with E-state index in [2.05, 4.69) is 9.71 Å². The zero-order chi connectivity index (χ0) is 15.9. The zero-order valence-corrected chi connectivity index (χ0v) is 13.9. The molecule has 0 unspecified atom stereocenters. The number of hydrogen-bond donors (Lipinski definition) is 1. The van der Waals surface area contributed by atoms with Crippen molar-refractivity contribution in [2.45, 2.75) is 18.9 Å². The maximum atomic E-state index is 12.8. The van der Waals surface area contributed by atoms with Crippen molar-refractivity contribution >= 4 is 27.4 Å². The molecule has 0 bridgehead atoms. The number of hydrogen-bond acceptors (Lipinski definition) is 5. The average Bonchev–Trinajstić information content (AvgIpc) is 3.26. The second-order valence-electron chi connectivity index (χ2n) is 5.74.